The summed E-state index contributed by atoms with van der Waals surface area (Å²) in [5.74, 6) is 2.57. The van der Waals surface area contributed by atoms with Crippen LogP contribution in [0.15, 0.2) is 40.9 Å². The molecule has 4 bridgehead atoms. The Bertz CT molecular complexity index is 945. The minimum atomic E-state index is -0.668. The molecule has 0 saturated heterocycles. The van der Waals surface area contributed by atoms with Gasteiger partial charge in [-0.1, -0.05) is 44.2 Å². The van der Waals surface area contributed by atoms with Crippen molar-refractivity contribution in [2.75, 3.05) is 0 Å². The maximum absolute atomic E-state index is 13.4. The van der Waals surface area contributed by atoms with Gasteiger partial charge in [0.1, 0.15) is 6.04 Å². The van der Waals surface area contributed by atoms with Crippen molar-refractivity contribution in [2.45, 2.75) is 65.0 Å². The number of rotatable bonds is 7. The molecule has 0 spiro atoms. The van der Waals surface area contributed by atoms with Crippen LogP contribution in [0.4, 0.5) is 0 Å². The highest BCUT2D eigenvalue weighted by atomic mass is 16.5. The highest BCUT2D eigenvalue weighted by Crippen LogP contribution is 2.60. The second kappa shape index (κ2) is 8.38. The van der Waals surface area contributed by atoms with Crippen molar-refractivity contribution in [3.8, 4) is 11.3 Å². The van der Waals surface area contributed by atoms with E-state index in [4.69, 9.17) is 9.15 Å². The number of amides is 1. The lowest BCUT2D eigenvalue weighted by molar-refractivity contribution is -0.156. The summed E-state index contributed by atoms with van der Waals surface area (Å²) < 4.78 is 11.2. The third-order valence-corrected chi connectivity index (χ3v) is 7.68. The summed E-state index contributed by atoms with van der Waals surface area (Å²) in [6.45, 7) is 3.82. The predicted octanol–water partition coefficient (Wildman–Crippen LogP) is 4.74. The molecule has 1 atom stereocenters. The maximum atomic E-state index is 13.4. The molecule has 32 heavy (non-hydrogen) atoms. The van der Waals surface area contributed by atoms with E-state index < -0.39 is 12.0 Å². The second-order valence-corrected chi connectivity index (χ2v) is 10.5. The zero-order chi connectivity index (χ0) is 22.3. The van der Waals surface area contributed by atoms with Crippen molar-refractivity contribution in [1.29, 1.82) is 0 Å². The summed E-state index contributed by atoms with van der Waals surface area (Å²) in [6.07, 6.45) is 8.40. The monoisotopic (exact) mass is 436 g/mol. The number of nitrogens with zero attached hydrogens (tertiary/aromatic N) is 1. The Kier molecular flexibility index (Phi) is 5.56. The Hall–Kier alpha value is -2.63. The first kappa shape index (κ1) is 21.2. The van der Waals surface area contributed by atoms with E-state index in [1.54, 1.807) is 6.20 Å². The Morgan fingerprint density at radius 2 is 1.72 bits per heavy atom. The second-order valence-electron chi connectivity index (χ2n) is 10.5. The normalized spacial score (nSPS) is 29.2. The molecule has 0 aliphatic heterocycles. The van der Waals surface area contributed by atoms with Crippen molar-refractivity contribution in [3.05, 3.63) is 42.4 Å². The maximum Gasteiger partial charge on any atom is 0.329 e. The quantitative estimate of drug-likeness (QED) is 0.634. The van der Waals surface area contributed by atoms with Crippen LogP contribution in [0.25, 0.3) is 11.3 Å². The van der Waals surface area contributed by atoms with Gasteiger partial charge in [-0.15, -0.1) is 0 Å². The van der Waals surface area contributed by atoms with Gasteiger partial charge in [-0.3, -0.25) is 4.79 Å². The fourth-order valence-electron chi connectivity index (χ4n) is 6.52. The lowest BCUT2D eigenvalue weighted by Gasteiger charge is -2.55. The number of nitrogens with one attached hydrogen (secondary N) is 1. The van der Waals surface area contributed by atoms with Crippen LogP contribution in [0.5, 0.6) is 0 Å². The molecule has 170 valence electrons. The van der Waals surface area contributed by atoms with Crippen molar-refractivity contribution in [1.82, 2.24) is 10.3 Å². The van der Waals surface area contributed by atoms with Gasteiger partial charge < -0.3 is 14.5 Å². The summed E-state index contributed by atoms with van der Waals surface area (Å²) in [6, 6.07) is 9.00. The predicted molar refractivity (Wildman–Crippen MR) is 119 cm³/mol. The number of esters is 1. The number of oxazole rings is 1. The first-order valence-corrected chi connectivity index (χ1v) is 11.9. The van der Waals surface area contributed by atoms with Crippen LogP contribution in [0, 0.1) is 29.1 Å². The first-order valence-electron chi connectivity index (χ1n) is 11.9. The fourth-order valence-corrected chi connectivity index (χ4v) is 6.52. The molecule has 4 aliphatic rings. The Labute approximate surface area is 189 Å². The van der Waals surface area contributed by atoms with E-state index in [0.717, 1.165) is 24.8 Å². The lowest BCUT2D eigenvalue weighted by Crippen LogP contribution is -2.57. The van der Waals surface area contributed by atoms with E-state index in [0.29, 0.717) is 29.4 Å². The summed E-state index contributed by atoms with van der Waals surface area (Å²) in [5, 5.41) is 3.08. The molecule has 2 aromatic rings. The molecule has 4 saturated carbocycles. The van der Waals surface area contributed by atoms with Gasteiger partial charge >= 0.3 is 5.97 Å². The average Bonchev–Trinajstić information content (AvgIpc) is 3.24. The molecular weight excluding hydrogens is 404 g/mol. The molecule has 4 fully saturated rings. The van der Waals surface area contributed by atoms with Crippen molar-refractivity contribution in [2.24, 2.45) is 29.1 Å². The largest absolute Gasteiger partial charge is 0.454 e. The third kappa shape index (κ3) is 4.07. The Morgan fingerprint density at radius 3 is 2.31 bits per heavy atom. The zero-order valence-electron chi connectivity index (χ0n) is 18.9. The summed E-state index contributed by atoms with van der Waals surface area (Å²) in [5.41, 5.74) is 0.635. The molecule has 1 heterocycles. The van der Waals surface area contributed by atoms with E-state index in [1.807, 2.05) is 44.2 Å². The molecule has 1 aromatic heterocycles. The molecule has 1 aromatic carbocycles. The highest BCUT2D eigenvalue weighted by Gasteiger charge is 2.55. The standard InChI is InChI=1S/C26H32N2O4/c1-16(2)23(28-25(30)26-11-17-8-18(12-26)10-19(9-17)13-26)24(29)31-15-22-27-14-21(32-22)20-6-4-3-5-7-20/h3-7,14,16-19,23H,8-13,15H2,1-2H3,(H,28,30). The van der Waals surface area contributed by atoms with Crippen LogP contribution in [0.1, 0.15) is 58.3 Å². The SMILES string of the molecule is CC(C)C(NC(=O)C12CC3CC(CC(C3)C1)C2)C(=O)OCc1ncc(-c2ccccc2)o1. The third-order valence-electron chi connectivity index (χ3n) is 7.68. The number of benzene rings is 1. The van der Waals surface area contributed by atoms with Gasteiger partial charge in [0.2, 0.25) is 11.8 Å². The molecule has 6 nitrogen and oxygen atoms in total. The van der Waals surface area contributed by atoms with E-state index in [2.05, 4.69) is 10.3 Å². The van der Waals surface area contributed by atoms with Crippen LogP contribution >= 0.6 is 0 Å². The first-order chi connectivity index (χ1) is 15.4. The molecular formula is C26H32N2O4. The molecule has 1 N–H and O–H groups in total. The van der Waals surface area contributed by atoms with Gasteiger partial charge in [-0.2, -0.15) is 0 Å². The highest BCUT2D eigenvalue weighted by molar-refractivity contribution is 5.88. The summed E-state index contributed by atoms with van der Waals surface area (Å²) >= 11 is 0. The van der Waals surface area contributed by atoms with Gasteiger partial charge in [0.15, 0.2) is 12.4 Å². The molecule has 0 radical (unpaired) electrons. The minimum Gasteiger partial charge on any atom is -0.454 e. The molecule has 1 unspecified atom stereocenters. The van der Waals surface area contributed by atoms with Gasteiger partial charge in [0.25, 0.3) is 0 Å². The molecule has 4 aliphatic carbocycles. The van der Waals surface area contributed by atoms with Crippen molar-refractivity contribution >= 4 is 11.9 Å². The number of hydrogen-bond donors (Lipinski definition) is 1. The average molecular weight is 437 g/mol. The number of hydrogen-bond acceptors (Lipinski definition) is 5. The fraction of sp³-hybridized carbons (Fsp3) is 0.577. The summed E-state index contributed by atoms with van der Waals surface area (Å²) in [7, 11) is 0. The van der Waals surface area contributed by atoms with Crippen LogP contribution in [0.3, 0.4) is 0 Å². The van der Waals surface area contributed by atoms with Gasteiger partial charge in [0, 0.05) is 11.0 Å². The summed E-state index contributed by atoms with van der Waals surface area (Å²) in [4.78, 5) is 30.5. The Morgan fingerprint density at radius 1 is 1.09 bits per heavy atom. The number of carbonyl (C=O) groups excluding carboxylic acids is 2. The number of ether oxygens (including phenoxy) is 1. The smallest absolute Gasteiger partial charge is 0.329 e. The van der Waals surface area contributed by atoms with Crippen molar-refractivity contribution in [3.63, 3.8) is 0 Å². The topological polar surface area (TPSA) is 81.4 Å². The molecule has 1 amide bonds. The van der Waals surface area contributed by atoms with E-state index >= 15 is 0 Å². The van der Waals surface area contributed by atoms with E-state index in [1.165, 1.54) is 19.3 Å². The van der Waals surface area contributed by atoms with Crippen LogP contribution in [0.2, 0.25) is 0 Å². The number of carbonyl (C=O) groups is 2. The minimum absolute atomic E-state index is 0.0507. The molecule has 6 rings (SSSR count). The zero-order valence-corrected chi connectivity index (χ0v) is 18.9. The van der Waals surface area contributed by atoms with Gasteiger partial charge in [0.05, 0.1) is 6.20 Å². The number of aromatic nitrogens is 1. The van der Waals surface area contributed by atoms with E-state index in [-0.39, 0.29) is 23.8 Å². The van der Waals surface area contributed by atoms with Gasteiger partial charge in [-0.05, 0) is 62.2 Å². The van der Waals surface area contributed by atoms with Crippen LogP contribution in [-0.4, -0.2) is 22.9 Å². The lowest BCUT2D eigenvalue weighted by atomic mass is 9.49. The Balaban J connectivity index is 1.21. The van der Waals surface area contributed by atoms with Gasteiger partial charge in [-0.25, -0.2) is 9.78 Å². The molecule has 6 heteroatoms. The van der Waals surface area contributed by atoms with Crippen molar-refractivity contribution < 1.29 is 18.7 Å². The van der Waals surface area contributed by atoms with E-state index in [9.17, 15) is 9.59 Å². The van der Waals surface area contributed by atoms with Crippen LogP contribution < -0.4 is 5.32 Å². The van der Waals surface area contributed by atoms with Crippen LogP contribution in [-0.2, 0) is 20.9 Å².